The molecule has 7 heteroatoms. The van der Waals surface area contributed by atoms with Gasteiger partial charge in [0, 0.05) is 56.8 Å². The van der Waals surface area contributed by atoms with E-state index in [1.54, 1.807) is 40.1 Å². The standard InChI is InChI=1S/C19H22FN5O/c1-24-12-16(11-23-24)19-15(4-7-26-19)10-22-9-14-2-3-18(17(20)8-14)25-6-5-21-13-25/h2-3,5-6,8,11-13,15,19,22H,4,7,9-10H2,1H3/t15-,19+/m1/s1. The first-order chi connectivity index (χ1) is 12.7. The molecule has 1 N–H and O–H groups in total. The van der Waals surface area contributed by atoms with Crippen molar-refractivity contribution in [3.63, 3.8) is 0 Å². The Balaban J connectivity index is 1.35. The highest BCUT2D eigenvalue weighted by molar-refractivity contribution is 5.36. The minimum absolute atomic E-state index is 0.0801. The fourth-order valence-electron chi connectivity index (χ4n) is 3.47. The van der Waals surface area contributed by atoms with Crippen molar-refractivity contribution >= 4 is 0 Å². The maximum Gasteiger partial charge on any atom is 0.147 e. The summed E-state index contributed by atoms with van der Waals surface area (Å²) < 4.78 is 23.7. The summed E-state index contributed by atoms with van der Waals surface area (Å²) in [6, 6.07) is 5.30. The van der Waals surface area contributed by atoms with E-state index >= 15 is 0 Å². The first kappa shape index (κ1) is 16.9. The van der Waals surface area contributed by atoms with Crippen molar-refractivity contribution in [2.45, 2.75) is 19.1 Å². The summed E-state index contributed by atoms with van der Waals surface area (Å²) in [4.78, 5) is 3.96. The van der Waals surface area contributed by atoms with Crippen molar-refractivity contribution < 1.29 is 9.13 Å². The van der Waals surface area contributed by atoms with Gasteiger partial charge < -0.3 is 14.6 Å². The molecule has 1 aromatic carbocycles. The lowest BCUT2D eigenvalue weighted by Gasteiger charge is -2.18. The molecule has 1 fully saturated rings. The number of aromatic nitrogens is 4. The van der Waals surface area contributed by atoms with Crippen molar-refractivity contribution in [1.29, 1.82) is 0 Å². The second-order valence-corrected chi connectivity index (χ2v) is 6.67. The zero-order valence-electron chi connectivity index (χ0n) is 14.7. The van der Waals surface area contributed by atoms with Crippen molar-refractivity contribution in [2.24, 2.45) is 13.0 Å². The molecule has 0 bridgehead atoms. The van der Waals surface area contributed by atoms with Gasteiger partial charge in [0.1, 0.15) is 5.82 Å². The Kier molecular flexibility index (Phi) is 4.81. The topological polar surface area (TPSA) is 56.9 Å². The van der Waals surface area contributed by atoms with Crippen molar-refractivity contribution in [3.8, 4) is 5.69 Å². The molecule has 3 heterocycles. The van der Waals surface area contributed by atoms with Gasteiger partial charge in [0.05, 0.1) is 24.3 Å². The van der Waals surface area contributed by atoms with Gasteiger partial charge in [0.2, 0.25) is 0 Å². The van der Waals surface area contributed by atoms with Crippen LogP contribution in [0.4, 0.5) is 4.39 Å². The van der Waals surface area contributed by atoms with E-state index < -0.39 is 0 Å². The molecule has 2 aromatic heterocycles. The van der Waals surface area contributed by atoms with Crippen LogP contribution in [0.15, 0.2) is 49.3 Å². The minimum atomic E-state index is -0.250. The van der Waals surface area contributed by atoms with Crippen LogP contribution in [0.5, 0.6) is 0 Å². The average Bonchev–Trinajstić information content (AvgIpc) is 3.36. The molecule has 0 aliphatic carbocycles. The molecule has 0 radical (unpaired) electrons. The maximum absolute atomic E-state index is 14.3. The van der Waals surface area contributed by atoms with Crippen LogP contribution in [-0.4, -0.2) is 32.5 Å². The third-order valence-corrected chi connectivity index (χ3v) is 4.80. The predicted molar refractivity (Wildman–Crippen MR) is 95.2 cm³/mol. The number of benzene rings is 1. The second-order valence-electron chi connectivity index (χ2n) is 6.67. The van der Waals surface area contributed by atoms with Crippen molar-refractivity contribution in [2.75, 3.05) is 13.2 Å². The third-order valence-electron chi connectivity index (χ3n) is 4.80. The fourth-order valence-corrected chi connectivity index (χ4v) is 3.47. The smallest absolute Gasteiger partial charge is 0.147 e. The Labute approximate surface area is 151 Å². The molecular formula is C19H22FN5O. The zero-order chi connectivity index (χ0) is 17.9. The number of aryl methyl sites for hydroxylation is 1. The molecule has 2 atom stereocenters. The highest BCUT2D eigenvalue weighted by atomic mass is 19.1. The molecular weight excluding hydrogens is 333 g/mol. The van der Waals surface area contributed by atoms with E-state index in [2.05, 4.69) is 15.4 Å². The number of nitrogens with zero attached hydrogens (tertiary/aromatic N) is 4. The minimum Gasteiger partial charge on any atom is -0.373 e. The molecule has 3 aromatic rings. The summed E-state index contributed by atoms with van der Waals surface area (Å²) >= 11 is 0. The van der Waals surface area contributed by atoms with E-state index in [0.29, 0.717) is 18.2 Å². The van der Waals surface area contributed by atoms with Gasteiger partial charge in [-0.15, -0.1) is 0 Å². The highest BCUT2D eigenvalue weighted by Gasteiger charge is 2.30. The van der Waals surface area contributed by atoms with Crippen LogP contribution in [-0.2, 0) is 18.3 Å². The van der Waals surface area contributed by atoms with E-state index in [9.17, 15) is 4.39 Å². The van der Waals surface area contributed by atoms with Crippen LogP contribution in [0.3, 0.4) is 0 Å². The van der Waals surface area contributed by atoms with E-state index in [4.69, 9.17) is 4.74 Å². The lowest BCUT2D eigenvalue weighted by atomic mass is 9.97. The van der Waals surface area contributed by atoms with Crippen LogP contribution in [0.2, 0.25) is 0 Å². The Bertz CT molecular complexity index is 861. The Morgan fingerprint density at radius 3 is 3.04 bits per heavy atom. The molecule has 1 aliphatic heterocycles. The summed E-state index contributed by atoms with van der Waals surface area (Å²) in [5, 5.41) is 7.67. The third kappa shape index (κ3) is 3.54. The Hall–Kier alpha value is -2.51. The lowest BCUT2D eigenvalue weighted by molar-refractivity contribution is 0.0904. The van der Waals surface area contributed by atoms with Gasteiger partial charge >= 0.3 is 0 Å². The summed E-state index contributed by atoms with van der Waals surface area (Å²) in [5.74, 6) is 0.147. The van der Waals surface area contributed by atoms with Crippen molar-refractivity contribution in [1.82, 2.24) is 24.6 Å². The van der Waals surface area contributed by atoms with Gasteiger partial charge in [-0.05, 0) is 24.1 Å². The first-order valence-corrected chi connectivity index (χ1v) is 8.78. The SMILES string of the molecule is Cn1cc([C@H]2OCC[C@@H]2CNCc2ccc(-n3ccnc3)c(F)c2)cn1. The number of ether oxygens (including phenoxy) is 1. The average molecular weight is 355 g/mol. The van der Waals surface area contributed by atoms with Gasteiger partial charge in [-0.3, -0.25) is 4.68 Å². The molecule has 0 spiro atoms. The molecule has 6 nitrogen and oxygen atoms in total. The van der Waals surface area contributed by atoms with Crippen LogP contribution >= 0.6 is 0 Å². The molecule has 1 saturated heterocycles. The summed E-state index contributed by atoms with van der Waals surface area (Å²) in [5.41, 5.74) is 2.54. The highest BCUT2D eigenvalue weighted by Crippen LogP contribution is 2.33. The van der Waals surface area contributed by atoms with Gasteiger partial charge in [-0.2, -0.15) is 5.10 Å². The number of hydrogen-bond acceptors (Lipinski definition) is 4. The fraction of sp³-hybridized carbons (Fsp3) is 0.368. The van der Waals surface area contributed by atoms with E-state index in [1.807, 2.05) is 25.5 Å². The number of nitrogens with one attached hydrogen (secondary N) is 1. The van der Waals surface area contributed by atoms with Gasteiger partial charge in [-0.25, -0.2) is 9.37 Å². The zero-order valence-corrected chi connectivity index (χ0v) is 14.7. The summed E-state index contributed by atoms with van der Waals surface area (Å²) in [7, 11) is 1.91. The summed E-state index contributed by atoms with van der Waals surface area (Å²) in [6.45, 7) is 2.21. The number of rotatable bonds is 6. The molecule has 136 valence electrons. The molecule has 4 rings (SSSR count). The van der Waals surface area contributed by atoms with Gasteiger partial charge in [-0.1, -0.05) is 6.07 Å². The van der Waals surface area contributed by atoms with Crippen molar-refractivity contribution in [3.05, 3.63) is 66.3 Å². The monoisotopic (exact) mass is 355 g/mol. The van der Waals surface area contributed by atoms with E-state index in [0.717, 1.165) is 30.7 Å². The van der Waals surface area contributed by atoms with Crippen LogP contribution in [0, 0.1) is 11.7 Å². The molecule has 1 aliphatic rings. The van der Waals surface area contributed by atoms with Crippen LogP contribution < -0.4 is 5.32 Å². The quantitative estimate of drug-likeness (QED) is 0.738. The molecule has 26 heavy (non-hydrogen) atoms. The molecule has 0 unspecified atom stereocenters. The molecule has 0 amide bonds. The predicted octanol–water partition coefficient (Wildman–Crippen LogP) is 2.61. The van der Waals surface area contributed by atoms with Gasteiger partial charge in [0.25, 0.3) is 0 Å². The number of hydrogen-bond donors (Lipinski definition) is 1. The van der Waals surface area contributed by atoms with Gasteiger partial charge in [0.15, 0.2) is 0 Å². The largest absolute Gasteiger partial charge is 0.373 e. The van der Waals surface area contributed by atoms with Crippen LogP contribution in [0.25, 0.3) is 5.69 Å². The second kappa shape index (κ2) is 7.39. The lowest BCUT2D eigenvalue weighted by Crippen LogP contribution is -2.24. The molecule has 0 saturated carbocycles. The summed E-state index contributed by atoms with van der Waals surface area (Å²) in [6.07, 6.45) is 9.93. The number of halogens is 1. The normalized spacial score (nSPS) is 19.9. The first-order valence-electron chi connectivity index (χ1n) is 8.78. The van der Waals surface area contributed by atoms with E-state index in [-0.39, 0.29) is 11.9 Å². The Morgan fingerprint density at radius 2 is 2.31 bits per heavy atom. The maximum atomic E-state index is 14.3. The Morgan fingerprint density at radius 1 is 1.38 bits per heavy atom. The van der Waals surface area contributed by atoms with E-state index in [1.165, 1.54) is 0 Å². The van der Waals surface area contributed by atoms with Crippen LogP contribution in [0.1, 0.15) is 23.7 Å². The number of imidazole rings is 1.